The van der Waals surface area contributed by atoms with Crippen LogP contribution < -0.4 is 15.6 Å². The van der Waals surface area contributed by atoms with E-state index in [1.54, 1.807) is 32.3 Å². The quantitative estimate of drug-likeness (QED) is 0.342. The molecule has 0 aliphatic carbocycles. The average molecular weight is 464 g/mol. The van der Waals surface area contributed by atoms with Crippen LogP contribution in [0.1, 0.15) is 0 Å². The Hall–Kier alpha value is -2.57. The number of aryl methyl sites for hydroxylation is 1. The van der Waals surface area contributed by atoms with Gasteiger partial charge in [-0.2, -0.15) is 0 Å². The van der Waals surface area contributed by atoms with Crippen LogP contribution in [0.5, 0.6) is 0 Å². The number of rotatable bonds is 6. The molecule has 0 spiro atoms. The monoisotopic (exact) mass is 464 g/mol. The molecule has 0 aliphatic heterocycles. The van der Waals surface area contributed by atoms with Crippen molar-refractivity contribution in [1.29, 1.82) is 0 Å². The number of nitrogens with zero attached hydrogens (tertiary/aromatic N) is 2. The number of anilines is 2. The van der Waals surface area contributed by atoms with Crippen molar-refractivity contribution in [3.05, 3.63) is 65.2 Å². The molecule has 0 unspecified atom stereocenters. The van der Waals surface area contributed by atoms with Crippen LogP contribution in [0.4, 0.5) is 30.8 Å². The number of hydrogen-bond donors (Lipinski definition) is 2. The van der Waals surface area contributed by atoms with Crippen LogP contribution in [0.3, 0.4) is 0 Å². The zero-order valence-electron chi connectivity index (χ0n) is 15.7. The maximum Gasteiger partial charge on any atom is 0.310 e. The molecule has 162 valence electrons. The zero-order chi connectivity index (χ0) is 22.2. The minimum Gasteiger partial charge on any atom is -0.355 e. The van der Waals surface area contributed by atoms with Crippen LogP contribution in [0, 0.1) is 0 Å². The van der Waals surface area contributed by atoms with Crippen molar-refractivity contribution in [2.45, 2.75) is 9.79 Å². The number of benzene rings is 2. The Kier molecular flexibility index (Phi) is 5.16. The van der Waals surface area contributed by atoms with E-state index in [1.165, 1.54) is 22.7 Å². The summed E-state index contributed by atoms with van der Waals surface area (Å²) in [5.74, 6) is 0. The minimum absolute atomic E-state index is 0.181. The van der Waals surface area contributed by atoms with Gasteiger partial charge in [0.2, 0.25) is 0 Å². The molecular formula is C18H17F5N4OS2. The highest BCUT2D eigenvalue weighted by Gasteiger charge is 2.65. The maximum absolute atomic E-state index is 12.9. The highest BCUT2D eigenvalue weighted by molar-refractivity contribution is 8.45. The SMILES string of the molecule is CNSc1ccc(Nc2ccc(S(F)(F)(F)(F)F)cc2)c(-c2cn(C)c(=O)cn2)c1. The lowest BCUT2D eigenvalue weighted by Crippen LogP contribution is -2.15. The summed E-state index contributed by atoms with van der Waals surface area (Å²) in [5.41, 5.74) is 1.37. The van der Waals surface area contributed by atoms with Gasteiger partial charge in [-0.3, -0.25) is 9.52 Å². The van der Waals surface area contributed by atoms with E-state index in [-0.39, 0.29) is 11.2 Å². The van der Waals surface area contributed by atoms with E-state index in [0.29, 0.717) is 29.1 Å². The fourth-order valence-electron chi connectivity index (χ4n) is 2.61. The summed E-state index contributed by atoms with van der Waals surface area (Å²) in [6.45, 7) is 0. The number of nitrogens with one attached hydrogen (secondary N) is 2. The van der Waals surface area contributed by atoms with Gasteiger partial charge in [0.25, 0.3) is 5.56 Å². The predicted molar refractivity (Wildman–Crippen MR) is 111 cm³/mol. The van der Waals surface area contributed by atoms with Crippen LogP contribution >= 0.6 is 22.2 Å². The molecule has 0 fully saturated rings. The first-order chi connectivity index (χ1) is 13.8. The fourth-order valence-corrected chi connectivity index (χ4v) is 3.81. The van der Waals surface area contributed by atoms with Gasteiger partial charge in [-0.1, -0.05) is 19.4 Å². The third kappa shape index (κ3) is 5.12. The molecule has 2 N–H and O–H groups in total. The molecule has 3 aromatic rings. The molecule has 1 aromatic heterocycles. The third-order valence-corrected chi connectivity index (χ3v) is 5.90. The second-order valence-electron chi connectivity index (χ2n) is 6.35. The smallest absolute Gasteiger partial charge is 0.310 e. The highest BCUT2D eigenvalue weighted by Crippen LogP contribution is 3.02. The predicted octanol–water partition coefficient (Wildman–Crippen LogP) is 6.07. The van der Waals surface area contributed by atoms with Crippen molar-refractivity contribution in [2.75, 3.05) is 12.4 Å². The van der Waals surface area contributed by atoms with Crippen LogP contribution in [0.25, 0.3) is 11.3 Å². The standard InChI is InChI=1S/C18H17F5N4OS2/c1-24-29-13-5-8-16(15(9-13)17-11-27(2)18(28)10-25-17)26-12-3-6-14(7-4-12)30(19,20,21,22)23/h3-11,24,26H,1-2H3. The zero-order valence-corrected chi connectivity index (χ0v) is 17.3. The van der Waals surface area contributed by atoms with Crippen molar-refractivity contribution in [1.82, 2.24) is 14.3 Å². The molecule has 2 aromatic carbocycles. The molecule has 1 heterocycles. The van der Waals surface area contributed by atoms with Crippen LogP contribution in [0.2, 0.25) is 0 Å². The number of aromatic nitrogens is 2. The fraction of sp³-hybridized carbons (Fsp3) is 0.111. The molecule has 0 atom stereocenters. The van der Waals surface area contributed by atoms with E-state index in [9.17, 15) is 24.2 Å². The molecule has 3 rings (SSSR count). The summed E-state index contributed by atoms with van der Waals surface area (Å²) in [5, 5.41) is 2.92. The minimum atomic E-state index is -9.73. The Morgan fingerprint density at radius 1 is 1.03 bits per heavy atom. The lowest BCUT2D eigenvalue weighted by molar-refractivity contribution is 0.364. The van der Waals surface area contributed by atoms with Gasteiger partial charge in [-0.05, 0) is 61.5 Å². The first-order valence-corrected chi connectivity index (χ1v) is 11.2. The largest absolute Gasteiger partial charge is 0.355 e. The Labute approximate surface area is 173 Å². The van der Waals surface area contributed by atoms with E-state index >= 15 is 0 Å². The van der Waals surface area contributed by atoms with Gasteiger partial charge in [-0.25, -0.2) is 4.98 Å². The number of halogens is 5. The normalized spacial score (nSPS) is 14.1. The average Bonchev–Trinajstić information content (AvgIpc) is 2.64. The van der Waals surface area contributed by atoms with Crippen molar-refractivity contribution < 1.29 is 19.4 Å². The Balaban J connectivity index is 2.02. The van der Waals surface area contributed by atoms with E-state index < -0.39 is 15.1 Å². The van der Waals surface area contributed by atoms with Gasteiger partial charge in [0.05, 0.1) is 11.9 Å². The second-order valence-corrected chi connectivity index (χ2v) is 9.85. The van der Waals surface area contributed by atoms with E-state index in [4.69, 9.17) is 0 Å². The molecule has 0 bridgehead atoms. The Morgan fingerprint density at radius 2 is 1.70 bits per heavy atom. The van der Waals surface area contributed by atoms with Gasteiger partial charge < -0.3 is 9.88 Å². The topological polar surface area (TPSA) is 59.0 Å². The molecule has 12 heteroatoms. The van der Waals surface area contributed by atoms with E-state index in [1.807, 2.05) is 0 Å². The first kappa shape index (κ1) is 22.1. The molecule has 5 nitrogen and oxygen atoms in total. The van der Waals surface area contributed by atoms with Crippen LogP contribution in [-0.2, 0) is 7.05 Å². The van der Waals surface area contributed by atoms with E-state index in [2.05, 4.69) is 15.0 Å². The van der Waals surface area contributed by atoms with Crippen molar-refractivity contribution >= 4 is 33.5 Å². The summed E-state index contributed by atoms with van der Waals surface area (Å²) in [6.07, 6.45) is 2.67. The van der Waals surface area contributed by atoms with E-state index in [0.717, 1.165) is 23.2 Å². The number of hydrogen-bond acceptors (Lipinski definition) is 5. The maximum atomic E-state index is 12.9. The lowest BCUT2D eigenvalue weighted by Gasteiger charge is -2.40. The van der Waals surface area contributed by atoms with Gasteiger partial charge in [0, 0.05) is 35.1 Å². The molecular weight excluding hydrogens is 447 g/mol. The highest BCUT2D eigenvalue weighted by atomic mass is 32.5. The Morgan fingerprint density at radius 3 is 2.27 bits per heavy atom. The van der Waals surface area contributed by atoms with Gasteiger partial charge >= 0.3 is 10.2 Å². The molecule has 30 heavy (non-hydrogen) atoms. The molecule has 0 saturated heterocycles. The van der Waals surface area contributed by atoms with Gasteiger partial charge in [-0.15, -0.1) is 0 Å². The van der Waals surface area contributed by atoms with Gasteiger partial charge in [0.1, 0.15) is 4.90 Å². The Bertz CT molecular complexity index is 1150. The van der Waals surface area contributed by atoms with Crippen molar-refractivity contribution in [3.8, 4) is 11.3 Å². The van der Waals surface area contributed by atoms with Crippen LogP contribution in [0.15, 0.2) is 69.4 Å². The van der Waals surface area contributed by atoms with Crippen molar-refractivity contribution in [2.24, 2.45) is 7.05 Å². The van der Waals surface area contributed by atoms with Gasteiger partial charge in [0.15, 0.2) is 0 Å². The summed E-state index contributed by atoms with van der Waals surface area (Å²) in [4.78, 5) is 14.6. The summed E-state index contributed by atoms with van der Waals surface area (Å²) >= 11 is 1.33. The third-order valence-electron chi connectivity index (χ3n) is 4.04. The molecule has 0 aliphatic rings. The second kappa shape index (κ2) is 7.00. The summed E-state index contributed by atoms with van der Waals surface area (Å²) < 4.78 is 68.8. The van der Waals surface area contributed by atoms with Crippen LogP contribution in [-0.4, -0.2) is 16.6 Å². The molecule has 0 saturated carbocycles. The van der Waals surface area contributed by atoms with Crippen molar-refractivity contribution in [3.63, 3.8) is 0 Å². The lowest BCUT2D eigenvalue weighted by atomic mass is 10.1. The molecule has 0 amide bonds. The molecule has 0 radical (unpaired) electrons. The summed E-state index contributed by atoms with van der Waals surface area (Å²) in [6, 6.07) is 7.78. The summed E-state index contributed by atoms with van der Waals surface area (Å²) in [7, 11) is -6.43. The first-order valence-electron chi connectivity index (χ1n) is 8.39.